The van der Waals surface area contributed by atoms with Crippen molar-refractivity contribution in [2.75, 3.05) is 24.5 Å². The summed E-state index contributed by atoms with van der Waals surface area (Å²) in [5.74, 6) is 1.61. The number of fused-ring (bicyclic) bond motifs is 2. The highest BCUT2D eigenvalue weighted by Crippen LogP contribution is 2.69. The van der Waals surface area contributed by atoms with E-state index < -0.39 is 0 Å². The van der Waals surface area contributed by atoms with Crippen LogP contribution in [0.5, 0.6) is 0 Å². The minimum atomic E-state index is -0.266. The maximum atomic E-state index is 13.6. The Morgan fingerprint density at radius 2 is 1.83 bits per heavy atom. The van der Waals surface area contributed by atoms with Crippen LogP contribution in [0.25, 0.3) is 10.9 Å². The topological polar surface area (TPSA) is 82.6 Å². The minimum Gasteiger partial charge on any atom is -0.371 e. The van der Waals surface area contributed by atoms with Gasteiger partial charge in [0.05, 0.1) is 28.9 Å². The molecule has 7 nitrogen and oxygen atoms in total. The van der Waals surface area contributed by atoms with Crippen molar-refractivity contribution in [3.8, 4) is 0 Å². The molecule has 2 saturated carbocycles. The molecule has 1 N–H and O–H groups in total. The van der Waals surface area contributed by atoms with E-state index in [1.54, 1.807) is 12.3 Å². The van der Waals surface area contributed by atoms with Crippen molar-refractivity contribution in [3.05, 3.63) is 83.6 Å². The first-order valence-electron chi connectivity index (χ1n) is 15.1. The zero-order chi connectivity index (χ0) is 27.7. The predicted octanol–water partition coefficient (Wildman–Crippen LogP) is 4.97. The maximum Gasteiger partial charge on any atom is 0.263 e. The summed E-state index contributed by atoms with van der Waals surface area (Å²) in [7, 11) is 0. The van der Waals surface area contributed by atoms with Crippen molar-refractivity contribution in [1.82, 2.24) is 15.2 Å². The molecule has 3 aromatic rings. The minimum absolute atomic E-state index is 0.0127. The van der Waals surface area contributed by atoms with E-state index in [4.69, 9.17) is 0 Å². The van der Waals surface area contributed by atoms with Crippen LogP contribution in [0.3, 0.4) is 0 Å². The molecule has 8 rings (SSSR count). The molecule has 5 aliphatic rings. The van der Waals surface area contributed by atoms with Gasteiger partial charge in [0.1, 0.15) is 0 Å². The summed E-state index contributed by atoms with van der Waals surface area (Å²) < 4.78 is 0. The molecular formula is C34H34N4O3. The Morgan fingerprint density at radius 3 is 2.63 bits per heavy atom. The van der Waals surface area contributed by atoms with Crippen LogP contribution in [0.1, 0.15) is 58.4 Å². The summed E-state index contributed by atoms with van der Waals surface area (Å²) in [5.41, 5.74) is 3.98. The number of benzene rings is 2. The molecule has 0 unspecified atom stereocenters. The molecule has 1 aromatic heterocycles. The fraction of sp³-hybridized carbons (Fsp3) is 0.412. The number of hydrogen-bond acceptors (Lipinski definition) is 5. The quantitative estimate of drug-likeness (QED) is 0.349. The number of anilines is 1. The third-order valence-corrected chi connectivity index (χ3v) is 10.6. The lowest BCUT2D eigenvalue weighted by Crippen LogP contribution is -2.42. The van der Waals surface area contributed by atoms with Crippen molar-refractivity contribution >= 4 is 34.3 Å². The van der Waals surface area contributed by atoms with Gasteiger partial charge >= 0.3 is 0 Å². The molecule has 2 bridgehead atoms. The molecule has 0 radical (unpaired) electrons. The number of para-hydroxylation sites is 1. The normalized spacial score (nSPS) is 25.9. The number of pyridine rings is 1. The number of carbonyl (C=O) groups excluding carboxylic acids is 3. The van der Waals surface area contributed by atoms with E-state index in [0.717, 1.165) is 47.5 Å². The summed E-state index contributed by atoms with van der Waals surface area (Å²) in [6, 6.07) is 15.3. The number of imide groups is 1. The Kier molecular flexibility index (Phi) is 5.60. The molecule has 3 heterocycles. The van der Waals surface area contributed by atoms with Crippen LogP contribution in [0.15, 0.2) is 66.9 Å². The number of rotatable bonds is 6. The van der Waals surface area contributed by atoms with Crippen LogP contribution in [0.2, 0.25) is 0 Å². The fourth-order valence-corrected chi connectivity index (χ4v) is 8.22. The van der Waals surface area contributed by atoms with Gasteiger partial charge in [-0.1, -0.05) is 36.4 Å². The van der Waals surface area contributed by atoms with Crippen molar-refractivity contribution in [2.45, 2.75) is 38.6 Å². The van der Waals surface area contributed by atoms with Crippen molar-refractivity contribution in [2.24, 2.45) is 29.1 Å². The lowest BCUT2D eigenvalue weighted by molar-refractivity contribution is -0.125. The molecular weight excluding hydrogens is 512 g/mol. The van der Waals surface area contributed by atoms with Crippen molar-refractivity contribution in [1.29, 1.82) is 0 Å². The van der Waals surface area contributed by atoms with Gasteiger partial charge in [0.25, 0.3) is 11.8 Å². The first kappa shape index (κ1) is 24.8. The lowest BCUT2D eigenvalue weighted by atomic mass is 9.88. The highest BCUT2D eigenvalue weighted by Gasteiger charge is 2.62. The van der Waals surface area contributed by atoms with Gasteiger partial charge in [0, 0.05) is 37.1 Å². The number of aromatic nitrogens is 1. The summed E-state index contributed by atoms with van der Waals surface area (Å²) >= 11 is 0. The number of hydrogen-bond donors (Lipinski definition) is 1. The fourth-order valence-electron chi connectivity index (χ4n) is 8.22. The third-order valence-electron chi connectivity index (χ3n) is 10.6. The summed E-state index contributed by atoms with van der Waals surface area (Å²) in [4.78, 5) is 48.1. The number of nitrogens with one attached hydrogen (secondary N) is 1. The van der Waals surface area contributed by atoms with Gasteiger partial charge < -0.3 is 10.2 Å². The summed E-state index contributed by atoms with van der Waals surface area (Å²) in [6.45, 7) is 2.35. The third kappa shape index (κ3) is 3.92. The Labute approximate surface area is 239 Å². The first-order chi connectivity index (χ1) is 20.0. The Hall–Kier alpha value is -4.00. The summed E-state index contributed by atoms with van der Waals surface area (Å²) in [5, 5.41) is 4.27. The lowest BCUT2D eigenvalue weighted by Gasteiger charge is -2.34. The van der Waals surface area contributed by atoms with E-state index in [9.17, 15) is 14.4 Å². The second kappa shape index (κ2) is 9.26. The van der Waals surface area contributed by atoms with E-state index in [2.05, 4.69) is 27.4 Å². The van der Waals surface area contributed by atoms with Crippen LogP contribution < -0.4 is 10.2 Å². The highest BCUT2D eigenvalue weighted by molar-refractivity contribution is 6.23. The molecule has 41 heavy (non-hydrogen) atoms. The second-order valence-corrected chi connectivity index (χ2v) is 12.7. The average molecular weight is 547 g/mol. The zero-order valence-electron chi connectivity index (χ0n) is 23.1. The molecule has 1 spiro atoms. The van der Waals surface area contributed by atoms with Gasteiger partial charge in [-0.2, -0.15) is 0 Å². The number of nitrogens with zero attached hydrogens (tertiary/aromatic N) is 3. The second-order valence-electron chi connectivity index (χ2n) is 12.7. The monoisotopic (exact) mass is 546 g/mol. The smallest absolute Gasteiger partial charge is 0.263 e. The largest absolute Gasteiger partial charge is 0.371 e. The Morgan fingerprint density at radius 1 is 1.00 bits per heavy atom. The molecule has 3 fully saturated rings. The van der Waals surface area contributed by atoms with Gasteiger partial charge in [-0.25, -0.2) is 0 Å². The summed E-state index contributed by atoms with van der Waals surface area (Å²) in [6.07, 6.45) is 12.0. The molecule has 208 valence electrons. The van der Waals surface area contributed by atoms with Gasteiger partial charge in [0.2, 0.25) is 5.91 Å². The zero-order valence-corrected chi connectivity index (χ0v) is 23.1. The van der Waals surface area contributed by atoms with E-state index in [1.807, 2.05) is 42.5 Å². The van der Waals surface area contributed by atoms with Crippen LogP contribution in [0.4, 0.5) is 5.69 Å². The molecule has 3 atom stereocenters. The first-order valence-corrected chi connectivity index (χ1v) is 15.1. The molecule has 3 aliphatic carbocycles. The number of amides is 3. The predicted molar refractivity (Wildman–Crippen MR) is 156 cm³/mol. The molecule has 3 amide bonds. The van der Waals surface area contributed by atoms with Gasteiger partial charge in [-0.3, -0.25) is 24.3 Å². The van der Waals surface area contributed by atoms with Crippen LogP contribution in [0, 0.1) is 29.1 Å². The molecule has 7 heteroatoms. The Bertz CT molecular complexity index is 1620. The van der Waals surface area contributed by atoms with Crippen LogP contribution in [-0.4, -0.2) is 47.2 Å². The van der Waals surface area contributed by atoms with Crippen molar-refractivity contribution < 1.29 is 14.4 Å². The molecule has 1 saturated heterocycles. The Balaban J connectivity index is 0.920. The number of piperidine rings is 1. The van der Waals surface area contributed by atoms with E-state index in [-0.39, 0.29) is 30.2 Å². The van der Waals surface area contributed by atoms with Crippen LogP contribution in [-0.2, 0) is 11.3 Å². The number of allylic oxidation sites excluding steroid dienone is 2. The van der Waals surface area contributed by atoms with E-state index in [1.165, 1.54) is 24.2 Å². The average Bonchev–Trinajstić information content (AvgIpc) is 3.62. The maximum absolute atomic E-state index is 13.6. The van der Waals surface area contributed by atoms with Gasteiger partial charge in [-0.05, 0) is 85.1 Å². The molecule has 2 aromatic carbocycles. The SMILES string of the molecule is O=C(NC[C@@H]1C[C@H]2C=C[C@@H]1C21CC1)C1CCN(c2cccc3c2C(=O)N(Cc2cnc4ccccc4c2)C3=O)CC1. The van der Waals surface area contributed by atoms with Gasteiger partial charge in [-0.15, -0.1) is 0 Å². The van der Waals surface area contributed by atoms with E-state index >= 15 is 0 Å². The van der Waals surface area contributed by atoms with Crippen molar-refractivity contribution in [3.63, 3.8) is 0 Å². The number of carbonyl (C=O) groups is 3. The van der Waals surface area contributed by atoms with Gasteiger partial charge in [0.15, 0.2) is 0 Å². The van der Waals surface area contributed by atoms with E-state index in [0.29, 0.717) is 41.5 Å². The highest BCUT2D eigenvalue weighted by atomic mass is 16.2. The standard InChI is InChI=1S/C34H34N4O3/c39-31(36-19-24-17-25-8-9-27(24)34(25)12-13-34)22-10-14-37(15-11-22)29-7-3-5-26-30(29)33(41)38(32(26)40)20-21-16-23-4-1-2-6-28(23)35-18-21/h1-9,16,18,22,24-25,27H,10-15,17,19-20H2,(H,36,39)/t24-,25+,27-/m0/s1. The molecule has 2 aliphatic heterocycles. The van der Waals surface area contributed by atoms with Crippen LogP contribution >= 0.6 is 0 Å².